The first-order valence-electron chi connectivity index (χ1n) is 15.0. The van der Waals surface area contributed by atoms with Gasteiger partial charge in [0.15, 0.2) is 12.4 Å². The largest absolute Gasteiger partial charge is 0.456 e. The molecule has 4 aromatic carbocycles. The van der Waals surface area contributed by atoms with Gasteiger partial charge in [-0.3, -0.25) is 0 Å². The van der Waals surface area contributed by atoms with Crippen molar-refractivity contribution in [3.8, 4) is 0 Å². The lowest BCUT2D eigenvalue weighted by Crippen LogP contribution is -2.28. The zero-order chi connectivity index (χ0) is 29.5. The molecule has 0 N–H and O–H groups in total. The summed E-state index contributed by atoms with van der Waals surface area (Å²) in [5.41, 5.74) is 10.0. The highest BCUT2D eigenvalue weighted by atomic mass is 16.3. The minimum Gasteiger partial charge on any atom is -0.456 e. The summed E-state index contributed by atoms with van der Waals surface area (Å²) >= 11 is 0. The maximum atomic E-state index is 6.84. The van der Waals surface area contributed by atoms with Crippen LogP contribution < -0.4 is 8.80 Å². The second-order valence-corrected chi connectivity index (χ2v) is 12.9. The molecule has 0 fully saturated rings. The first kappa shape index (κ1) is 25.7. The summed E-state index contributed by atoms with van der Waals surface area (Å²) in [6.07, 6.45) is 4.50. The van der Waals surface area contributed by atoms with Crippen LogP contribution >= 0.6 is 0 Å². The van der Waals surface area contributed by atoms with Crippen molar-refractivity contribution in [1.82, 2.24) is 0 Å². The van der Waals surface area contributed by atoms with E-state index in [0.29, 0.717) is 0 Å². The molecule has 3 nitrogen and oxygen atoms in total. The standard InChI is InChI=1S/C40H34N2O/c1-25-15-17-38-31(20-25)28-10-6-7-11-29(28)32-22-33-36-21-27(40(3,4)5)18-19-41(36)34-13-9-8-12-30(34)35-16-14-26(2)24-42(35)37(33)23-39(32)43-38/h6-24H,1-5H3/q+2. The molecular formula is C40H34N2O+2. The first-order valence-corrected chi connectivity index (χ1v) is 15.0. The van der Waals surface area contributed by atoms with E-state index in [0.717, 1.165) is 49.4 Å². The molecule has 0 radical (unpaired) electrons. The molecule has 3 heteroatoms. The fraction of sp³-hybridized carbons (Fsp3) is 0.150. The molecule has 0 bridgehead atoms. The van der Waals surface area contributed by atoms with Gasteiger partial charge in [-0.05, 0) is 65.9 Å². The van der Waals surface area contributed by atoms with Gasteiger partial charge in [0.25, 0.3) is 0 Å². The first-order chi connectivity index (χ1) is 20.8. The van der Waals surface area contributed by atoms with E-state index in [1.165, 1.54) is 32.8 Å². The maximum Gasteiger partial charge on any atom is 0.228 e. The van der Waals surface area contributed by atoms with E-state index < -0.39 is 0 Å². The Morgan fingerprint density at radius 2 is 1.14 bits per heavy atom. The van der Waals surface area contributed by atoms with Crippen LogP contribution in [0.5, 0.6) is 0 Å². The molecule has 0 saturated heterocycles. The molecule has 8 rings (SSSR count). The topological polar surface area (TPSA) is 21.3 Å². The smallest absolute Gasteiger partial charge is 0.228 e. The number of hydrogen-bond acceptors (Lipinski definition) is 1. The molecule has 0 aliphatic carbocycles. The van der Waals surface area contributed by atoms with Crippen molar-refractivity contribution < 1.29 is 13.2 Å². The van der Waals surface area contributed by atoms with Crippen LogP contribution in [0.3, 0.4) is 0 Å². The van der Waals surface area contributed by atoms with E-state index in [1.54, 1.807) is 0 Å². The third-order valence-electron chi connectivity index (χ3n) is 8.85. The minimum atomic E-state index is 0.000177. The van der Waals surface area contributed by atoms with Gasteiger partial charge in [-0.15, -0.1) is 0 Å². The Balaban J connectivity index is 1.75. The molecule has 0 aliphatic rings. The number of rotatable bonds is 0. The summed E-state index contributed by atoms with van der Waals surface area (Å²) in [6.45, 7) is 11.1. The number of aryl methyl sites for hydroxylation is 2. The Labute approximate surface area is 250 Å². The molecule has 208 valence electrons. The second kappa shape index (κ2) is 9.24. The van der Waals surface area contributed by atoms with Crippen molar-refractivity contribution in [2.75, 3.05) is 0 Å². The number of fused-ring (bicyclic) bond motifs is 13. The van der Waals surface area contributed by atoms with Gasteiger partial charge in [-0.2, -0.15) is 8.80 Å². The van der Waals surface area contributed by atoms with E-state index in [-0.39, 0.29) is 5.41 Å². The average Bonchev–Trinajstić information content (AvgIpc) is 3.13. The van der Waals surface area contributed by atoms with Gasteiger partial charge < -0.3 is 4.42 Å². The predicted octanol–water partition coefficient (Wildman–Crippen LogP) is 9.56. The van der Waals surface area contributed by atoms with E-state index in [1.807, 2.05) is 0 Å². The van der Waals surface area contributed by atoms with Crippen molar-refractivity contribution in [2.45, 2.75) is 40.0 Å². The van der Waals surface area contributed by atoms with Gasteiger partial charge in [0.05, 0.1) is 6.07 Å². The monoisotopic (exact) mass is 558 g/mol. The fourth-order valence-electron chi connectivity index (χ4n) is 6.59. The summed E-state index contributed by atoms with van der Waals surface area (Å²) in [6, 6.07) is 37.6. The van der Waals surface area contributed by atoms with Crippen molar-refractivity contribution in [2.24, 2.45) is 0 Å². The van der Waals surface area contributed by atoms with Crippen molar-refractivity contribution in [1.29, 1.82) is 0 Å². The summed E-state index contributed by atoms with van der Waals surface area (Å²) in [5, 5.41) is 6.94. The zero-order valence-corrected chi connectivity index (χ0v) is 25.3. The van der Waals surface area contributed by atoms with Gasteiger partial charge in [0, 0.05) is 40.6 Å². The number of hydrogen-bond donors (Lipinski definition) is 0. The third-order valence-corrected chi connectivity index (χ3v) is 8.85. The summed E-state index contributed by atoms with van der Waals surface area (Å²) in [5.74, 6) is 0. The van der Waals surface area contributed by atoms with Gasteiger partial charge in [0.2, 0.25) is 22.1 Å². The van der Waals surface area contributed by atoms with E-state index in [2.05, 4.69) is 159 Å². The molecule has 0 amide bonds. The van der Waals surface area contributed by atoms with Crippen LogP contribution in [0, 0.1) is 13.8 Å². The Morgan fingerprint density at radius 3 is 1.91 bits per heavy atom. The number of aromatic nitrogens is 2. The molecule has 0 atom stereocenters. The average molecular weight is 559 g/mol. The summed E-state index contributed by atoms with van der Waals surface area (Å²) < 4.78 is 11.6. The van der Waals surface area contributed by atoms with E-state index >= 15 is 0 Å². The van der Waals surface area contributed by atoms with E-state index in [9.17, 15) is 0 Å². The van der Waals surface area contributed by atoms with Crippen LogP contribution in [0.25, 0.3) is 65.6 Å². The van der Waals surface area contributed by atoms with Gasteiger partial charge >= 0.3 is 0 Å². The molecule has 43 heavy (non-hydrogen) atoms. The predicted molar refractivity (Wildman–Crippen MR) is 178 cm³/mol. The van der Waals surface area contributed by atoms with Crippen molar-refractivity contribution in [3.63, 3.8) is 0 Å². The fourth-order valence-corrected chi connectivity index (χ4v) is 6.59. The molecule has 0 saturated carbocycles. The van der Waals surface area contributed by atoms with Crippen LogP contribution in [-0.4, -0.2) is 0 Å². The minimum absolute atomic E-state index is 0.000177. The van der Waals surface area contributed by atoms with Crippen LogP contribution in [-0.2, 0) is 5.41 Å². The van der Waals surface area contributed by atoms with Gasteiger partial charge in [-0.1, -0.05) is 68.8 Å². The Morgan fingerprint density at radius 1 is 0.488 bits per heavy atom. The molecule has 4 aromatic heterocycles. The molecule has 8 aromatic rings. The molecule has 0 spiro atoms. The molecule has 0 unspecified atom stereocenters. The zero-order valence-electron chi connectivity index (χ0n) is 25.3. The van der Waals surface area contributed by atoms with Gasteiger partial charge in [-0.25, -0.2) is 0 Å². The SMILES string of the molecule is Cc1ccc2oc3cc4c(cc3c3ccccc3c2c1)c1cc(C(C)(C)C)cc[n+]1c1ccccc1c1ccc(C)c[n+]14. The van der Waals surface area contributed by atoms with Crippen LogP contribution in [0.15, 0.2) is 120 Å². The number of benzene rings is 4. The Kier molecular flexibility index (Phi) is 5.52. The number of pyridine rings is 2. The normalized spacial score (nSPS) is 12.3. The molecular weight excluding hydrogens is 524 g/mol. The van der Waals surface area contributed by atoms with Crippen LogP contribution in [0.2, 0.25) is 0 Å². The Bertz CT molecular complexity index is 2510. The number of nitrogens with zero attached hydrogens (tertiary/aromatic N) is 2. The lowest BCUT2D eigenvalue weighted by molar-refractivity contribution is -0.488. The molecule has 0 aliphatic heterocycles. The summed E-state index contributed by atoms with van der Waals surface area (Å²) in [4.78, 5) is 0. The highest BCUT2D eigenvalue weighted by Crippen LogP contribution is 2.34. The van der Waals surface area contributed by atoms with Crippen LogP contribution in [0.4, 0.5) is 0 Å². The van der Waals surface area contributed by atoms with E-state index in [4.69, 9.17) is 4.42 Å². The highest BCUT2D eigenvalue weighted by Gasteiger charge is 2.24. The van der Waals surface area contributed by atoms with Gasteiger partial charge in [0.1, 0.15) is 21.9 Å². The second-order valence-electron chi connectivity index (χ2n) is 12.9. The van der Waals surface area contributed by atoms with Crippen molar-refractivity contribution in [3.05, 3.63) is 132 Å². The lowest BCUT2D eigenvalue weighted by Gasteiger charge is -2.17. The molecule has 4 heterocycles. The highest BCUT2D eigenvalue weighted by molar-refractivity contribution is 6.16. The lowest BCUT2D eigenvalue weighted by atomic mass is 9.87. The maximum absolute atomic E-state index is 6.84. The summed E-state index contributed by atoms with van der Waals surface area (Å²) in [7, 11) is 0. The number of para-hydroxylation sites is 1. The Hall–Kier alpha value is -5.02. The third kappa shape index (κ3) is 4.03. The van der Waals surface area contributed by atoms with Crippen molar-refractivity contribution >= 4 is 65.6 Å². The quantitative estimate of drug-likeness (QED) is 0.170. The van der Waals surface area contributed by atoms with Crippen LogP contribution in [0.1, 0.15) is 37.5 Å².